The lowest BCUT2D eigenvalue weighted by Gasteiger charge is -2.26. The van der Waals surface area contributed by atoms with E-state index in [4.69, 9.17) is 18.0 Å². The van der Waals surface area contributed by atoms with Crippen LogP contribution in [0.1, 0.15) is 37.5 Å². The molecule has 1 heterocycles. The number of hydrogen-bond acceptors (Lipinski definition) is 4. The van der Waals surface area contributed by atoms with E-state index >= 15 is 0 Å². The van der Waals surface area contributed by atoms with E-state index in [1.165, 1.54) is 12.8 Å². The first-order valence-corrected chi connectivity index (χ1v) is 9.48. The molecule has 0 spiro atoms. The highest BCUT2D eigenvalue weighted by atomic mass is 32.2. The molecule has 0 saturated heterocycles. The second-order valence-corrected chi connectivity index (χ2v) is 8.98. The van der Waals surface area contributed by atoms with Crippen molar-refractivity contribution in [2.24, 2.45) is 17.6 Å². The van der Waals surface area contributed by atoms with E-state index in [1.807, 2.05) is 0 Å². The van der Waals surface area contributed by atoms with Gasteiger partial charge in [0.05, 0.1) is 4.88 Å². The smallest absolute Gasteiger partial charge is 0.250 e. The zero-order valence-corrected chi connectivity index (χ0v) is 13.9. The van der Waals surface area contributed by atoms with E-state index in [0.29, 0.717) is 17.3 Å². The maximum atomic E-state index is 12.2. The van der Waals surface area contributed by atoms with Crippen molar-refractivity contribution < 1.29 is 8.42 Å². The van der Waals surface area contributed by atoms with Gasteiger partial charge in [-0.3, -0.25) is 0 Å². The van der Waals surface area contributed by atoms with Gasteiger partial charge in [-0.05, 0) is 36.8 Å². The topological polar surface area (TPSA) is 72.2 Å². The molecule has 1 saturated carbocycles. The van der Waals surface area contributed by atoms with E-state index in [-0.39, 0.29) is 9.20 Å². The van der Waals surface area contributed by atoms with Gasteiger partial charge in [0.1, 0.15) is 9.20 Å². The summed E-state index contributed by atoms with van der Waals surface area (Å²) in [6, 6.07) is 3.22. The lowest BCUT2D eigenvalue weighted by atomic mass is 9.83. The van der Waals surface area contributed by atoms with Crippen LogP contribution in [-0.2, 0) is 10.0 Å². The molecule has 0 aromatic carbocycles. The fraction of sp³-hybridized carbons (Fsp3) is 0.615. The van der Waals surface area contributed by atoms with Gasteiger partial charge in [-0.25, -0.2) is 13.1 Å². The van der Waals surface area contributed by atoms with Gasteiger partial charge in [-0.1, -0.05) is 32.0 Å². The molecule has 20 heavy (non-hydrogen) atoms. The Morgan fingerprint density at radius 2 is 2.05 bits per heavy atom. The SMILES string of the molecule is CC1CCC(CNS(=O)(=O)c2ccc(C(N)=S)s2)CC1. The molecule has 0 radical (unpaired) electrons. The third-order valence-corrected chi connectivity index (χ3v) is 7.17. The number of sulfonamides is 1. The van der Waals surface area contributed by atoms with Crippen molar-refractivity contribution in [1.29, 1.82) is 0 Å². The van der Waals surface area contributed by atoms with Gasteiger partial charge in [0.25, 0.3) is 0 Å². The summed E-state index contributed by atoms with van der Waals surface area (Å²) in [5.41, 5.74) is 5.50. The highest BCUT2D eigenvalue weighted by Crippen LogP contribution is 2.28. The Morgan fingerprint density at radius 1 is 1.40 bits per heavy atom. The van der Waals surface area contributed by atoms with Gasteiger partial charge in [0.15, 0.2) is 0 Å². The Balaban J connectivity index is 1.95. The van der Waals surface area contributed by atoms with Crippen molar-refractivity contribution in [3.05, 3.63) is 17.0 Å². The molecule has 0 unspecified atom stereocenters. The molecule has 0 aliphatic heterocycles. The molecule has 0 atom stereocenters. The van der Waals surface area contributed by atoms with Crippen LogP contribution in [-0.4, -0.2) is 20.0 Å². The predicted octanol–water partition coefficient (Wildman–Crippen LogP) is 2.49. The van der Waals surface area contributed by atoms with Crippen LogP contribution < -0.4 is 10.5 Å². The van der Waals surface area contributed by atoms with Crippen LogP contribution in [0.4, 0.5) is 0 Å². The van der Waals surface area contributed by atoms with Gasteiger partial charge >= 0.3 is 0 Å². The zero-order valence-electron chi connectivity index (χ0n) is 11.5. The van der Waals surface area contributed by atoms with Crippen LogP contribution in [0.2, 0.25) is 0 Å². The summed E-state index contributed by atoms with van der Waals surface area (Å²) in [4.78, 5) is 0.865. The van der Waals surface area contributed by atoms with Gasteiger partial charge in [0.2, 0.25) is 10.0 Å². The Bertz CT molecular complexity index is 572. The molecule has 112 valence electrons. The normalized spacial score (nSPS) is 23.6. The van der Waals surface area contributed by atoms with Crippen molar-refractivity contribution in [3.8, 4) is 0 Å². The Kier molecular flexibility index (Phi) is 5.17. The third kappa shape index (κ3) is 4.00. The molecule has 3 N–H and O–H groups in total. The van der Waals surface area contributed by atoms with Gasteiger partial charge in [-0.15, -0.1) is 11.3 Å². The standard InChI is InChI=1S/C13H20N2O2S3/c1-9-2-4-10(5-3-9)8-15-20(16,17)12-7-6-11(19-12)13(14)18/h6-7,9-10,15H,2-5,8H2,1H3,(H2,14,18). The quantitative estimate of drug-likeness (QED) is 0.813. The molecule has 0 bridgehead atoms. The molecule has 4 nitrogen and oxygen atoms in total. The number of thiophene rings is 1. The summed E-state index contributed by atoms with van der Waals surface area (Å²) in [6.45, 7) is 2.78. The van der Waals surface area contributed by atoms with Crippen LogP contribution in [0.15, 0.2) is 16.3 Å². The summed E-state index contributed by atoms with van der Waals surface area (Å²) in [6.07, 6.45) is 4.59. The van der Waals surface area contributed by atoms with E-state index < -0.39 is 10.0 Å². The minimum Gasteiger partial charge on any atom is -0.389 e. The summed E-state index contributed by atoms with van der Waals surface area (Å²) in [5, 5.41) is 0. The second kappa shape index (κ2) is 6.51. The number of thiocarbonyl (C=S) groups is 1. The summed E-state index contributed by atoms with van der Waals surface area (Å²) >= 11 is 5.97. The molecule has 2 rings (SSSR count). The van der Waals surface area contributed by atoms with Crippen LogP contribution >= 0.6 is 23.6 Å². The van der Waals surface area contributed by atoms with E-state index in [2.05, 4.69) is 11.6 Å². The largest absolute Gasteiger partial charge is 0.389 e. The maximum absolute atomic E-state index is 12.2. The van der Waals surface area contributed by atoms with Gasteiger partial charge in [-0.2, -0.15) is 0 Å². The number of nitrogens with one attached hydrogen (secondary N) is 1. The van der Waals surface area contributed by atoms with Crippen molar-refractivity contribution in [3.63, 3.8) is 0 Å². The van der Waals surface area contributed by atoms with Gasteiger partial charge in [0, 0.05) is 6.54 Å². The van der Waals surface area contributed by atoms with Crippen LogP contribution in [0.3, 0.4) is 0 Å². The van der Waals surface area contributed by atoms with E-state index in [1.54, 1.807) is 12.1 Å². The maximum Gasteiger partial charge on any atom is 0.250 e. The summed E-state index contributed by atoms with van der Waals surface area (Å²) in [7, 11) is -3.43. The number of nitrogens with two attached hydrogens (primary N) is 1. The lowest BCUT2D eigenvalue weighted by Crippen LogP contribution is -2.30. The minimum atomic E-state index is -3.43. The Labute approximate surface area is 129 Å². The van der Waals surface area contributed by atoms with Gasteiger partial charge < -0.3 is 5.73 Å². The minimum absolute atomic E-state index is 0.234. The molecular weight excluding hydrogens is 312 g/mol. The number of hydrogen-bond donors (Lipinski definition) is 2. The molecule has 7 heteroatoms. The zero-order chi connectivity index (χ0) is 14.8. The molecule has 1 aromatic rings. The van der Waals surface area contributed by atoms with Crippen molar-refractivity contribution in [2.45, 2.75) is 36.8 Å². The molecule has 1 fully saturated rings. The fourth-order valence-corrected chi connectivity index (χ4v) is 4.94. The number of rotatable bonds is 5. The Morgan fingerprint density at radius 3 is 2.60 bits per heavy atom. The van der Waals surface area contributed by atoms with Crippen LogP contribution in [0.25, 0.3) is 0 Å². The molecule has 1 aliphatic rings. The summed E-state index contributed by atoms with van der Waals surface area (Å²) in [5.74, 6) is 1.23. The van der Waals surface area contributed by atoms with Crippen molar-refractivity contribution in [1.82, 2.24) is 4.72 Å². The predicted molar refractivity (Wildman–Crippen MR) is 86.5 cm³/mol. The third-order valence-electron chi connectivity index (χ3n) is 3.79. The molecule has 1 aliphatic carbocycles. The highest BCUT2D eigenvalue weighted by molar-refractivity contribution is 7.91. The van der Waals surface area contributed by atoms with E-state index in [0.717, 1.165) is 30.1 Å². The molecule has 0 amide bonds. The molecular formula is C13H20N2O2S3. The van der Waals surface area contributed by atoms with Crippen molar-refractivity contribution in [2.75, 3.05) is 6.54 Å². The average molecular weight is 333 g/mol. The highest BCUT2D eigenvalue weighted by Gasteiger charge is 2.22. The molecule has 1 aromatic heterocycles. The summed E-state index contributed by atoms with van der Waals surface area (Å²) < 4.78 is 27.4. The van der Waals surface area contributed by atoms with Crippen molar-refractivity contribution >= 4 is 38.6 Å². The van der Waals surface area contributed by atoms with Crippen LogP contribution in [0.5, 0.6) is 0 Å². The van der Waals surface area contributed by atoms with E-state index in [9.17, 15) is 8.42 Å². The van der Waals surface area contributed by atoms with Crippen LogP contribution in [0, 0.1) is 11.8 Å². The fourth-order valence-electron chi connectivity index (χ4n) is 2.43. The lowest BCUT2D eigenvalue weighted by molar-refractivity contribution is 0.290. The first-order chi connectivity index (χ1) is 9.38. The second-order valence-electron chi connectivity index (χ2n) is 5.46. The monoisotopic (exact) mass is 332 g/mol. The first-order valence-electron chi connectivity index (χ1n) is 6.78. The average Bonchev–Trinajstić information content (AvgIpc) is 2.89. The first kappa shape index (κ1) is 15.9. The Hall–Kier alpha value is -0.500.